The maximum atomic E-state index is 13.7. The molecule has 1 aromatic heterocycles. The quantitative estimate of drug-likeness (QED) is 0.828. The van der Waals surface area contributed by atoms with Gasteiger partial charge in [0.1, 0.15) is 0 Å². The first-order valence-electron chi connectivity index (χ1n) is 9.97. The van der Waals surface area contributed by atoms with Crippen molar-refractivity contribution in [3.05, 3.63) is 46.5 Å². The first-order chi connectivity index (χ1) is 14.1. The maximum Gasteiger partial charge on any atom is 0.413 e. The molecule has 7 nitrogen and oxygen atoms in total. The summed E-state index contributed by atoms with van der Waals surface area (Å²) in [6, 6.07) is 10.1. The predicted octanol–water partition coefficient (Wildman–Crippen LogP) is 3.34. The topological polar surface area (TPSA) is 80.8 Å². The van der Waals surface area contributed by atoms with Crippen LogP contribution in [0.25, 0.3) is 0 Å². The van der Waals surface area contributed by atoms with Crippen LogP contribution >= 0.6 is 11.3 Å². The second kappa shape index (κ2) is 8.51. The minimum Gasteiger partial charge on any atom is -0.450 e. The first-order valence-corrected chi connectivity index (χ1v) is 10.8. The summed E-state index contributed by atoms with van der Waals surface area (Å²) < 4.78 is 10.5. The highest BCUT2D eigenvalue weighted by molar-refractivity contribution is 7.15. The Bertz CT molecular complexity index is 877. The predicted molar refractivity (Wildman–Crippen MR) is 110 cm³/mol. The van der Waals surface area contributed by atoms with Gasteiger partial charge in [0.2, 0.25) is 5.91 Å². The molecule has 29 heavy (non-hydrogen) atoms. The van der Waals surface area contributed by atoms with E-state index in [1.54, 1.807) is 6.92 Å². The highest BCUT2D eigenvalue weighted by Crippen LogP contribution is 2.38. The van der Waals surface area contributed by atoms with Crippen molar-refractivity contribution in [1.29, 1.82) is 0 Å². The lowest BCUT2D eigenvalue weighted by Crippen LogP contribution is -2.51. The minimum atomic E-state index is -0.534. The molecular formula is C21H25N3O4S. The number of nitrogens with zero attached hydrogens (tertiary/aromatic N) is 2. The molecule has 4 rings (SSSR count). The molecule has 1 saturated heterocycles. The van der Waals surface area contributed by atoms with Gasteiger partial charge in [-0.05, 0) is 25.3 Å². The number of hydrogen-bond acceptors (Lipinski definition) is 6. The molecule has 0 aliphatic carbocycles. The molecule has 0 unspecified atom stereocenters. The fourth-order valence-corrected chi connectivity index (χ4v) is 5.09. The van der Waals surface area contributed by atoms with Crippen molar-refractivity contribution < 1.29 is 19.1 Å². The number of aromatic nitrogens is 1. The fourth-order valence-electron chi connectivity index (χ4n) is 4.08. The third-order valence-corrected chi connectivity index (χ3v) is 6.58. The zero-order valence-corrected chi connectivity index (χ0v) is 17.3. The summed E-state index contributed by atoms with van der Waals surface area (Å²) in [7, 11) is 0. The van der Waals surface area contributed by atoms with E-state index in [1.807, 2.05) is 35.2 Å². The Labute approximate surface area is 174 Å². The number of benzene rings is 1. The van der Waals surface area contributed by atoms with Crippen LogP contribution in [0, 0.1) is 0 Å². The smallest absolute Gasteiger partial charge is 0.413 e. The van der Waals surface area contributed by atoms with E-state index in [0.29, 0.717) is 57.3 Å². The minimum absolute atomic E-state index is 0.158. The van der Waals surface area contributed by atoms with Crippen LogP contribution in [-0.2, 0) is 32.6 Å². The van der Waals surface area contributed by atoms with Gasteiger partial charge in [0.05, 0.1) is 24.3 Å². The Hall–Kier alpha value is -2.45. The summed E-state index contributed by atoms with van der Waals surface area (Å²) in [6.07, 6.45) is 1.57. The number of thiazole rings is 1. The standard InChI is InChI=1S/C21H25N3O4S/c1-2-28-20(26)23-19-22-16-8-11-24(14-17(16)29-19)18(25)21(9-12-27-13-10-21)15-6-4-3-5-7-15/h3-7H,2,8-14H2,1H3,(H,22,23,26). The van der Waals surface area contributed by atoms with E-state index in [-0.39, 0.29) is 5.91 Å². The zero-order valence-electron chi connectivity index (χ0n) is 16.5. The van der Waals surface area contributed by atoms with Crippen molar-refractivity contribution in [3.63, 3.8) is 0 Å². The number of ether oxygens (including phenoxy) is 2. The lowest BCUT2D eigenvalue weighted by molar-refractivity contribution is -0.142. The Balaban J connectivity index is 1.54. The highest BCUT2D eigenvalue weighted by atomic mass is 32.1. The molecule has 2 aromatic rings. The summed E-state index contributed by atoms with van der Waals surface area (Å²) in [5.41, 5.74) is 1.48. The number of carbonyl (C=O) groups excluding carboxylic acids is 2. The van der Waals surface area contributed by atoms with Crippen molar-refractivity contribution in [1.82, 2.24) is 9.88 Å². The number of hydrogen-bond donors (Lipinski definition) is 1. The molecular weight excluding hydrogens is 390 g/mol. The van der Waals surface area contributed by atoms with Gasteiger partial charge in [0.15, 0.2) is 5.13 Å². The van der Waals surface area contributed by atoms with Crippen LogP contribution in [0.2, 0.25) is 0 Å². The van der Waals surface area contributed by atoms with E-state index in [4.69, 9.17) is 9.47 Å². The largest absolute Gasteiger partial charge is 0.450 e. The Morgan fingerprint density at radius 1 is 1.28 bits per heavy atom. The molecule has 0 saturated carbocycles. The second-order valence-corrected chi connectivity index (χ2v) is 8.36. The Morgan fingerprint density at radius 3 is 2.76 bits per heavy atom. The molecule has 0 atom stereocenters. The molecule has 3 heterocycles. The molecule has 2 aliphatic heterocycles. The molecule has 154 valence electrons. The highest BCUT2D eigenvalue weighted by Gasteiger charge is 2.44. The van der Waals surface area contributed by atoms with Crippen molar-refractivity contribution >= 4 is 28.5 Å². The molecule has 0 spiro atoms. The first kappa shape index (κ1) is 19.8. The van der Waals surface area contributed by atoms with Crippen LogP contribution in [0.3, 0.4) is 0 Å². The van der Waals surface area contributed by atoms with E-state index in [9.17, 15) is 9.59 Å². The van der Waals surface area contributed by atoms with Crippen LogP contribution in [0.1, 0.15) is 35.9 Å². The van der Waals surface area contributed by atoms with Crippen LogP contribution in [0.5, 0.6) is 0 Å². The zero-order chi connectivity index (χ0) is 20.3. The van der Waals surface area contributed by atoms with E-state index in [2.05, 4.69) is 10.3 Å². The van der Waals surface area contributed by atoms with Gasteiger partial charge in [-0.15, -0.1) is 0 Å². The van der Waals surface area contributed by atoms with Crippen LogP contribution in [0.15, 0.2) is 30.3 Å². The lowest BCUT2D eigenvalue weighted by Gasteiger charge is -2.41. The number of amides is 2. The third kappa shape index (κ3) is 4.00. The van der Waals surface area contributed by atoms with E-state index in [0.717, 1.165) is 16.1 Å². The average Bonchev–Trinajstić information content (AvgIpc) is 3.15. The Morgan fingerprint density at radius 2 is 2.03 bits per heavy atom. The molecule has 1 fully saturated rings. The lowest BCUT2D eigenvalue weighted by atomic mass is 9.73. The van der Waals surface area contributed by atoms with Crippen LogP contribution < -0.4 is 5.32 Å². The number of carbonyl (C=O) groups is 2. The second-order valence-electron chi connectivity index (χ2n) is 7.27. The molecule has 2 amide bonds. The normalized spacial score (nSPS) is 18.0. The number of nitrogens with one attached hydrogen (secondary N) is 1. The summed E-state index contributed by atoms with van der Waals surface area (Å²) in [5, 5.41) is 3.19. The van der Waals surface area contributed by atoms with Crippen molar-refractivity contribution in [2.75, 3.05) is 31.7 Å². The van der Waals surface area contributed by atoms with Crippen LogP contribution in [-0.4, -0.2) is 48.2 Å². The summed E-state index contributed by atoms with van der Waals surface area (Å²) >= 11 is 1.41. The van der Waals surface area contributed by atoms with Gasteiger partial charge in [-0.25, -0.2) is 9.78 Å². The van der Waals surface area contributed by atoms with Gasteiger partial charge in [-0.3, -0.25) is 10.1 Å². The fraction of sp³-hybridized carbons (Fsp3) is 0.476. The number of rotatable bonds is 4. The van der Waals surface area contributed by atoms with Gasteiger partial charge in [0, 0.05) is 31.1 Å². The molecule has 8 heteroatoms. The van der Waals surface area contributed by atoms with Crippen molar-refractivity contribution in [2.45, 2.75) is 38.1 Å². The van der Waals surface area contributed by atoms with Gasteiger partial charge < -0.3 is 14.4 Å². The third-order valence-electron chi connectivity index (χ3n) is 5.58. The van der Waals surface area contributed by atoms with Gasteiger partial charge in [-0.2, -0.15) is 0 Å². The van der Waals surface area contributed by atoms with Crippen molar-refractivity contribution in [2.24, 2.45) is 0 Å². The van der Waals surface area contributed by atoms with Gasteiger partial charge in [0.25, 0.3) is 0 Å². The molecule has 0 bridgehead atoms. The Kier molecular flexibility index (Phi) is 5.82. The van der Waals surface area contributed by atoms with Crippen LogP contribution in [0.4, 0.5) is 9.93 Å². The van der Waals surface area contributed by atoms with E-state index in [1.165, 1.54) is 11.3 Å². The SMILES string of the molecule is CCOC(=O)Nc1nc2c(s1)CN(C(=O)C1(c3ccccc3)CCOCC1)CC2. The summed E-state index contributed by atoms with van der Waals surface area (Å²) in [5.74, 6) is 0.158. The van der Waals surface area contributed by atoms with Crippen molar-refractivity contribution in [3.8, 4) is 0 Å². The van der Waals surface area contributed by atoms with E-state index >= 15 is 0 Å². The van der Waals surface area contributed by atoms with Gasteiger partial charge in [-0.1, -0.05) is 41.7 Å². The maximum absolute atomic E-state index is 13.7. The molecule has 0 radical (unpaired) electrons. The number of fused-ring (bicyclic) bond motifs is 1. The van der Waals surface area contributed by atoms with E-state index < -0.39 is 11.5 Å². The summed E-state index contributed by atoms with van der Waals surface area (Å²) in [6.45, 7) is 4.40. The average molecular weight is 416 g/mol. The molecule has 2 aliphatic rings. The summed E-state index contributed by atoms with van der Waals surface area (Å²) in [4.78, 5) is 32.8. The monoisotopic (exact) mass is 415 g/mol. The molecule has 1 aromatic carbocycles. The number of anilines is 1. The molecule has 1 N–H and O–H groups in total. The van der Waals surface area contributed by atoms with Gasteiger partial charge >= 0.3 is 6.09 Å².